The molecule has 0 aromatic heterocycles. The van der Waals surface area contributed by atoms with Crippen LogP contribution in [-0.2, 0) is 18.9 Å². The van der Waals surface area contributed by atoms with Crippen LogP contribution in [0.5, 0.6) is 0 Å². The Balaban J connectivity index is 2.26. The zero-order chi connectivity index (χ0) is 19.9. The van der Waals surface area contributed by atoms with Gasteiger partial charge in [-0.3, -0.25) is 0 Å². The fourth-order valence-electron chi connectivity index (χ4n) is 3.44. The van der Waals surface area contributed by atoms with Gasteiger partial charge in [0.15, 0.2) is 12.6 Å². The minimum Gasteiger partial charge on any atom is -0.393 e. The van der Waals surface area contributed by atoms with Crippen LogP contribution in [0.2, 0.25) is 0 Å². The molecule has 0 radical (unpaired) electrons. The van der Waals surface area contributed by atoms with E-state index in [4.69, 9.17) is 30.4 Å². The number of aliphatic hydroxyl groups is 4. The summed E-state index contributed by atoms with van der Waals surface area (Å²) in [6.07, 6.45) is -5.45. The van der Waals surface area contributed by atoms with E-state index < -0.39 is 66.7 Å². The lowest BCUT2D eigenvalue weighted by Gasteiger charge is -2.52. The van der Waals surface area contributed by atoms with Crippen molar-refractivity contribution < 1.29 is 39.4 Å². The van der Waals surface area contributed by atoms with Gasteiger partial charge < -0.3 is 50.8 Å². The molecule has 154 valence electrons. The van der Waals surface area contributed by atoms with Gasteiger partial charge in [0.05, 0.1) is 37.0 Å². The summed E-state index contributed by atoms with van der Waals surface area (Å²) in [5.74, 6) is -0.445. The Morgan fingerprint density at radius 2 is 1.42 bits per heavy atom. The van der Waals surface area contributed by atoms with E-state index in [1.807, 2.05) is 0 Å². The Kier molecular flexibility index (Phi) is 6.67. The van der Waals surface area contributed by atoms with Crippen LogP contribution in [-0.4, -0.2) is 94.9 Å². The van der Waals surface area contributed by atoms with Crippen LogP contribution in [0.15, 0.2) is 0 Å². The molecule has 10 nitrogen and oxygen atoms in total. The predicted molar refractivity (Wildman–Crippen MR) is 89.7 cm³/mol. The number of methoxy groups -OCH3 is 1. The third-order valence-electron chi connectivity index (χ3n) is 5.72. The lowest BCUT2D eigenvalue weighted by molar-refractivity contribution is -0.358. The van der Waals surface area contributed by atoms with Gasteiger partial charge in [-0.2, -0.15) is 0 Å². The van der Waals surface area contributed by atoms with Gasteiger partial charge in [-0.1, -0.05) is 6.92 Å². The molecule has 0 aliphatic carbocycles. The molecular formula is C16H32N2O8. The fourth-order valence-corrected chi connectivity index (χ4v) is 3.44. The highest BCUT2D eigenvalue weighted by atomic mass is 16.7. The number of hydrogen-bond donors (Lipinski definition) is 6. The maximum absolute atomic E-state index is 10.6. The molecule has 0 aromatic carbocycles. The molecule has 0 aromatic rings. The normalized spacial score (nSPS) is 52.8. The van der Waals surface area contributed by atoms with Gasteiger partial charge in [-0.05, 0) is 13.8 Å². The van der Waals surface area contributed by atoms with Crippen molar-refractivity contribution in [3.8, 4) is 0 Å². The van der Waals surface area contributed by atoms with Gasteiger partial charge in [0.25, 0.3) is 0 Å². The van der Waals surface area contributed by atoms with Crippen molar-refractivity contribution in [3.63, 3.8) is 0 Å². The number of hydrogen-bond acceptors (Lipinski definition) is 10. The van der Waals surface area contributed by atoms with E-state index in [0.29, 0.717) is 0 Å². The summed E-state index contributed by atoms with van der Waals surface area (Å²) in [5.41, 5.74) is 9.56. The zero-order valence-electron chi connectivity index (χ0n) is 15.6. The van der Waals surface area contributed by atoms with Crippen LogP contribution >= 0.6 is 0 Å². The summed E-state index contributed by atoms with van der Waals surface area (Å²) in [6, 6.07) is -1.87. The molecule has 0 spiro atoms. The van der Waals surface area contributed by atoms with Gasteiger partial charge in [-0.15, -0.1) is 0 Å². The van der Waals surface area contributed by atoms with Gasteiger partial charge in [0.1, 0.15) is 17.8 Å². The first-order chi connectivity index (χ1) is 12.0. The second kappa shape index (κ2) is 7.92. The summed E-state index contributed by atoms with van der Waals surface area (Å²) >= 11 is 0. The summed E-state index contributed by atoms with van der Waals surface area (Å²) in [4.78, 5) is 0. The highest BCUT2D eigenvalue weighted by molar-refractivity contribution is 5.02. The molecular weight excluding hydrogens is 348 g/mol. The second-order valence-corrected chi connectivity index (χ2v) is 7.63. The van der Waals surface area contributed by atoms with Crippen molar-refractivity contribution in [1.29, 1.82) is 0 Å². The van der Waals surface area contributed by atoms with Crippen LogP contribution in [0.25, 0.3) is 0 Å². The molecule has 0 bridgehead atoms. The average molecular weight is 380 g/mol. The zero-order valence-corrected chi connectivity index (χ0v) is 15.6. The molecule has 8 N–H and O–H groups in total. The summed E-state index contributed by atoms with van der Waals surface area (Å²) < 4.78 is 22.5. The molecule has 2 fully saturated rings. The Morgan fingerprint density at radius 3 is 1.92 bits per heavy atom. The Morgan fingerprint density at radius 1 is 0.923 bits per heavy atom. The average Bonchev–Trinajstić information content (AvgIpc) is 2.64. The Hall–Kier alpha value is -0.400. The van der Waals surface area contributed by atoms with Crippen molar-refractivity contribution in [2.75, 3.05) is 20.3 Å². The van der Waals surface area contributed by atoms with Crippen LogP contribution in [0.1, 0.15) is 20.8 Å². The van der Waals surface area contributed by atoms with Gasteiger partial charge >= 0.3 is 0 Å². The Labute approximate surface area is 153 Å². The molecule has 0 amide bonds. The summed E-state index contributed by atoms with van der Waals surface area (Å²) in [6.45, 7) is 4.04. The Bertz CT molecular complexity index is 485. The SMILES string of the molecule is COC1OC(C)(CO)C(OC2OC(C)(CO)C(C)C(O)C2N)C(O)C1N. The molecule has 2 aliphatic heterocycles. The van der Waals surface area contributed by atoms with E-state index in [2.05, 4.69) is 0 Å². The van der Waals surface area contributed by atoms with Crippen LogP contribution in [0, 0.1) is 5.92 Å². The van der Waals surface area contributed by atoms with Gasteiger partial charge in [0.2, 0.25) is 0 Å². The number of nitrogens with two attached hydrogens (primary N) is 2. The molecule has 2 rings (SSSR count). The standard InChI is InChI=1S/C16H32N2O8/c1-7-10(21)8(17)14(26-15(7,2)5-19)24-12-11(22)9(18)13(23-4)25-16(12,3)6-20/h7-14,19-22H,5-6,17-18H2,1-4H3. The van der Waals surface area contributed by atoms with Crippen molar-refractivity contribution in [1.82, 2.24) is 0 Å². The van der Waals surface area contributed by atoms with Crippen LogP contribution in [0.3, 0.4) is 0 Å². The summed E-state index contributed by atoms with van der Waals surface area (Å²) in [5, 5.41) is 40.5. The third kappa shape index (κ3) is 3.63. The predicted octanol–water partition coefficient (Wildman–Crippen LogP) is -2.75. The maximum atomic E-state index is 10.6. The lowest BCUT2D eigenvalue weighted by Crippen LogP contribution is -2.71. The van der Waals surface area contributed by atoms with Crippen LogP contribution in [0.4, 0.5) is 0 Å². The van der Waals surface area contributed by atoms with E-state index in [9.17, 15) is 20.4 Å². The monoisotopic (exact) mass is 380 g/mol. The van der Waals surface area contributed by atoms with Crippen molar-refractivity contribution >= 4 is 0 Å². The van der Waals surface area contributed by atoms with E-state index in [1.54, 1.807) is 13.8 Å². The smallest absolute Gasteiger partial charge is 0.176 e. The molecule has 26 heavy (non-hydrogen) atoms. The van der Waals surface area contributed by atoms with Crippen molar-refractivity contribution in [2.24, 2.45) is 17.4 Å². The quantitative estimate of drug-likeness (QED) is 0.294. The third-order valence-corrected chi connectivity index (χ3v) is 5.72. The fraction of sp³-hybridized carbons (Fsp3) is 1.00. The van der Waals surface area contributed by atoms with Crippen molar-refractivity contribution in [2.45, 2.75) is 74.9 Å². The minimum absolute atomic E-state index is 0.357. The molecule has 10 unspecified atom stereocenters. The molecule has 10 heteroatoms. The van der Waals surface area contributed by atoms with Crippen molar-refractivity contribution in [3.05, 3.63) is 0 Å². The number of rotatable bonds is 5. The highest BCUT2D eigenvalue weighted by Crippen LogP contribution is 2.38. The summed E-state index contributed by atoms with van der Waals surface area (Å²) in [7, 11) is 1.38. The number of aliphatic hydroxyl groups excluding tert-OH is 4. The van der Waals surface area contributed by atoms with Crippen LogP contribution < -0.4 is 11.5 Å². The van der Waals surface area contributed by atoms with Gasteiger partial charge in [-0.25, -0.2) is 0 Å². The lowest BCUT2D eigenvalue weighted by atomic mass is 9.80. The van der Waals surface area contributed by atoms with E-state index >= 15 is 0 Å². The van der Waals surface area contributed by atoms with E-state index in [1.165, 1.54) is 14.0 Å². The molecule has 2 aliphatic rings. The highest BCUT2D eigenvalue weighted by Gasteiger charge is 2.55. The number of ether oxygens (including phenoxy) is 4. The second-order valence-electron chi connectivity index (χ2n) is 7.63. The first-order valence-electron chi connectivity index (χ1n) is 8.67. The minimum atomic E-state index is -1.34. The molecule has 0 saturated carbocycles. The maximum Gasteiger partial charge on any atom is 0.176 e. The largest absolute Gasteiger partial charge is 0.393 e. The first-order valence-corrected chi connectivity index (χ1v) is 8.67. The van der Waals surface area contributed by atoms with E-state index in [-0.39, 0.29) is 6.61 Å². The van der Waals surface area contributed by atoms with Gasteiger partial charge in [0, 0.05) is 13.0 Å². The first kappa shape index (κ1) is 21.9. The molecule has 2 heterocycles. The molecule has 10 atom stereocenters. The van der Waals surface area contributed by atoms with E-state index in [0.717, 1.165) is 0 Å². The topological polar surface area (TPSA) is 170 Å². The molecule has 2 saturated heterocycles.